The fraction of sp³-hybridized carbons (Fsp3) is 0.182. The highest BCUT2D eigenvalue weighted by molar-refractivity contribution is 6.30. The van der Waals surface area contributed by atoms with Gasteiger partial charge in [-0.15, -0.1) is 0 Å². The third-order valence-electron chi connectivity index (χ3n) is 4.23. The van der Waals surface area contributed by atoms with E-state index in [2.05, 4.69) is 24.4 Å². The highest BCUT2D eigenvalue weighted by Gasteiger charge is 2.08. The van der Waals surface area contributed by atoms with E-state index in [-0.39, 0.29) is 12.4 Å². The molecular formula is C22H21ClFNO. The third kappa shape index (κ3) is 4.55. The SMILES string of the molecule is CCc1ccccc1NCc1cc(Cl)ccc1OCc1ccccc1F. The van der Waals surface area contributed by atoms with Crippen LogP contribution in [0.15, 0.2) is 66.7 Å². The molecule has 0 radical (unpaired) electrons. The van der Waals surface area contributed by atoms with E-state index in [1.54, 1.807) is 24.3 Å². The molecular weight excluding hydrogens is 349 g/mol. The molecule has 0 aliphatic carbocycles. The molecule has 26 heavy (non-hydrogen) atoms. The van der Waals surface area contributed by atoms with Crippen molar-refractivity contribution in [3.8, 4) is 5.75 Å². The van der Waals surface area contributed by atoms with Crippen LogP contribution < -0.4 is 10.1 Å². The Labute approximate surface area is 158 Å². The molecule has 0 saturated heterocycles. The van der Waals surface area contributed by atoms with Crippen molar-refractivity contribution in [2.24, 2.45) is 0 Å². The Morgan fingerprint density at radius 3 is 2.42 bits per heavy atom. The molecule has 3 aromatic rings. The van der Waals surface area contributed by atoms with Gasteiger partial charge >= 0.3 is 0 Å². The molecule has 0 aromatic heterocycles. The first-order valence-corrected chi connectivity index (χ1v) is 9.01. The summed E-state index contributed by atoms with van der Waals surface area (Å²) in [6.45, 7) is 2.87. The number of halogens is 2. The number of rotatable bonds is 7. The standard InChI is InChI=1S/C22H21ClFNO/c1-2-16-7-4-6-10-21(16)25-14-18-13-19(23)11-12-22(18)26-15-17-8-3-5-9-20(17)24/h3-13,25H,2,14-15H2,1H3. The van der Waals surface area contributed by atoms with E-state index in [4.69, 9.17) is 16.3 Å². The first-order chi connectivity index (χ1) is 12.7. The Hall–Kier alpha value is -2.52. The molecule has 1 N–H and O–H groups in total. The average Bonchev–Trinajstić information content (AvgIpc) is 2.67. The van der Waals surface area contributed by atoms with E-state index in [9.17, 15) is 4.39 Å². The zero-order chi connectivity index (χ0) is 18.4. The van der Waals surface area contributed by atoms with Gasteiger partial charge in [0, 0.05) is 28.4 Å². The van der Waals surface area contributed by atoms with Crippen molar-refractivity contribution in [3.05, 3.63) is 94.3 Å². The van der Waals surface area contributed by atoms with Crippen molar-refractivity contribution < 1.29 is 9.13 Å². The number of hydrogen-bond acceptors (Lipinski definition) is 2. The maximum Gasteiger partial charge on any atom is 0.129 e. The second kappa shape index (κ2) is 8.72. The Balaban J connectivity index is 1.74. The summed E-state index contributed by atoms with van der Waals surface area (Å²) in [5.74, 6) is 0.428. The number of benzene rings is 3. The van der Waals surface area contributed by atoms with Gasteiger partial charge in [-0.3, -0.25) is 0 Å². The summed E-state index contributed by atoms with van der Waals surface area (Å²) in [6.07, 6.45) is 0.954. The Morgan fingerprint density at radius 1 is 0.923 bits per heavy atom. The van der Waals surface area contributed by atoms with Crippen LogP contribution in [0.1, 0.15) is 23.6 Å². The van der Waals surface area contributed by atoms with Crippen LogP contribution in [0, 0.1) is 5.82 Å². The summed E-state index contributed by atoms with van der Waals surface area (Å²) < 4.78 is 19.7. The van der Waals surface area contributed by atoms with Crippen LogP contribution in [0.4, 0.5) is 10.1 Å². The van der Waals surface area contributed by atoms with Crippen LogP contribution in [0.25, 0.3) is 0 Å². The summed E-state index contributed by atoms with van der Waals surface area (Å²) in [5.41, 5.74) is 3.80. The van der Waals surface area contributed by atoms with Crippen molar-refractivity contribution in [2.75, 3.05) is 5.32 Å². The first-order valence-electron chi connectivity index (χ1n) is 8.63. The molecule has 0 heterocycles. The number of hydrogen-bond donors (Lipinski definition) is 1. The van der Waals surface area contributed by atoms with Crippen LogP contribution in [0.3, 0.4) is 0 Å². The lowest BCUT2D eigenvalue weighted by Crippen LogP contribution is -2.06. The molecule has 0 spiro atoms. The molecule has 0 aliphatic heterocycles. The lowest BCUT2D eigenvalue weighted by Gasteiger charge is -2.15. The van der Waals surface area contributed by atoms with Crippen LogP contribution in [-0.4, -0.2) is 0 Å². The van der Waals surface area contributed by atoms with E-state index < -0.39 is 0 Å². The fourth-order valence-electron chi connectivity index (χ4n) is 2.79. The van der Waals surface area contributed by atoms with Gasteiger partial charge in [0.15, 0.2) is 0 Å². The van der Waals surface area contributed by atoms with Crippen LogP contribution in [0.2, 0.25) is 5.02 Å². The molecule has 0 aliphatic rings. The minimum Gasteiger partial charge on any atom is -0.488 e. The summed E-state index contributed by atoms with van der Waals surface area (Å²) >= 11 is 6.16. The van der Waals surface area contributed by atoms with Gasteiger partial charge in [-0.25, -0.2) is 4.39 Å². The van der Waals surface area contributed by atoms with Gasteiger partial charge in [0.1, 0.15) is 18.2 Å². The molecule has 0 atom stereocenters. The Kier molecular flexibility index (Phi) is 6.13. The predicted octanol–water partition coefficient (Wildman–Crippen LogP) is 6.23. The maximum absolute atomic E-state index is 13.8. The molecule has 134 valence electrons. The summed E-state index contributed by atoms with van der Waals surface area (Å²) in [5, 5.41) is 4.09. The molecule has 0 fully saturated rings. The van der Waals surface area contributed by atoms with Crippen LogP contribution in [0.5, 0.6) is 5.75 Å². The van der Waals surface area contributed by atoms with Crippen molar-refractivity contribution in [1.82, 2.24) is 0 Å². The topological polar surface area (TPSA) is 21.3 Å². The monoisotopic (exact) mass is 369 g/mol. The quantitative estimate of drug-likeness (QED) is 0.532. The first kappa shape index (κ1) is 18.3. The largest absolute Gasteiger partial charge is 0.488 e. The van der Waals surface area contributed by atoms with Gasteiger partial charge < -0.3 is 10.1 Å². The van der Waals surface area contributed by atoms with Crippen molar-refractivity contribution in [2.45, 2.75) is 26.5 Å². The number of anilines is 1. The molecule has 0 unspecified atom stereocenters. The molecule has 4 heteroatoms. The summed E-state index contributed by atoms with van der Waals surface area (Å²) in [6, 6.07) is 20.3. The van der Waals surface area contributed by atoms with Gasteiger partial charge in [-0.05, 0) is 42.3 Å². The minimum atomic E-state index is -0.266. The smallest absolute Gasteiger partial charge is 0.129 e. The van der Waals surface area contributed by atoms with E-state index >= 15 is 0 Å². The third-order valence-corrected chi connectivity index (χ3v) is 4.47. The van der Waals surface area contributed by atoms with Gasteiger partial charge in [0.25, 0.3) is 0 Å². The predicted molar refractivity (Wildman–Crippen MR) is 105 cm³/mol. The second-order valence-electron chi connectivity index (χ2n) is 6.00. The van der Waals surface area contributed by atoms with E-state index in [0.29, 0.717) is 22.9 Å². The zero-order valence-corrected chi connectivity index (χ0v) is 15.4. The fourth-order valence-corrected chi connectivity index (χ4v) is 2.98. The normalized spacial score (nSPS) is 10.6. The molecule has 3 aromatic carbocycles. The molecule has 0 amide bonds. The number of nitrogens with one attached hydrogen (secondary N) is 1. The average molecular weight is 370 g/mol. The number of para-hydroxylation sites is 1. The van der Waals surface area contributed by atoms with Gasteiger partial charge in [0.2, 0.25) is 0 Å². The highest BCUT2D eigenvalue weighted by atomic mass is 35.5. The zero-order valence-electron chi connectivity index (χ0n) is 14.6. The Morgan fingerprint density at radius 2 is 1.65 bits per heavy atom. The Bertz CT molecular complexity index is 882. The van der Waals surface area contributed by atoms with E-state index in [1.165, 1.54) is 11.6 Å². The maximum atomic E-state index is 13.8. The van der Waals surface area contributed by atoms with Crippen molar-refractivity contribution >= 4 is 17.3 Å². The van der Waals surface area contributed by atoms with Gasteiger partial charge in [0.05, 0.1) is 0 Å². The second-order valence-corrected chi connectivity index (χ2v) is 6.43. The molecule has 3 rings (SSSR count). The van der Waals surface area contributed by atoms with Crippen molar-refractivity contribution in [3.63, 3.8) is 0 Å². The lowest BCUT2D eigenvalue weighted by atomic mass is 10.1. The summed E-state index contributed by atoms with van der Waals surface area (Å²) in [4.78, 5) is 0. The summed E-state index contributed by atoms with van der Waals surface area (Å²) in [7, 11) is 0. The number of aryl methyl sites for hydroxylation is 1. The van der Waals surface area contributed by atoms with Gasteiger partial charge in [-0.1, -0.05) is 54.9 Å². The lowest BCUT2D eigenvalue weighted by molar-refractivity contribution is 0.297. The van der Waals surface area contributed by atoms with Crippen LogP contribution >= 0.6 is 11.6 Å². The van der Waals surface area contributed by atoms with Crippen molar-refractivity contribution in [1.29, 1.82) is 0 Å². The van der Waals surface area contributed by atoms with Gasteiger partial charge in [-0.2, -0.15) is 0 Å². The molecule has 2 nitrogen and oxygen atoms in total. The minimum absolute atomic E-state index is 0.173. The molecule has 0 bridgehead atoms. The molecule has 0 saturated carbocycles. The number of ether oxygens (including phenoxy) is 1. The van der Waals surface area contributed by atoms with E-state index in [1.807, 2.05) is 24.3 Å². The van der Waals surface area contributed by atoms with E-state index in [0.717, 1.165) is 17.7 Å². The highest BCUT2D eigenvalue weighted by Crippen LogP contribution is 2.26. The van der Waals surface area contributed by atoms with Crippen LogP contribution in [-0.2, 0) is 19.6 Å².